The molecule has 1 aliphatic heterocycles. The van der Waals surface area contributed by atoms with Crippen molar-refractivity contribution in [3.05, 3.63) is 77.6 Å². The van der Waals surface area contributed by atoms with E-state index in [4.69, 9.17) is 0 Å². The van der Waals surface area contributed by atoms with Gasteiger partial charge in [0.1, 0.15) is 5.82 Å². The van der Waals surface area contributed by atoms with Crippen LogP contribution in [0.5, 0.6) is 0 Å². The summed E-state index contributed by atoms with van der Waals surface area (Å²) in [7, 11) is 0. The Kier molecular flexibility index (Phi) is 2.62. The lowest BCUT2D eigenvalue weighted by Gasteiger charge is -2.37. The monoisotopic (exact) mass is 265 g/mol. The van der Waals surface area contributed by atoms with Gasteiger partial charge in [-0.15, -0.1) is 0 Å². The van der Waals surface area contributed by atoms with Crippen LogP contribution in [0.1, 0.15) is 29.5 Å². The molecule has 0 spiro atoms. The zero-order chi connectivity index (χ0) is 13.5. The maximum Gasteiger partial charge on any atom is 0.123 e. The molecule has 20 heavy (non-hydrogen) atoms. The van der Waals surface area contributed by atoms with E-state index in [1.807, 2.05) is 12.1 Å². The number of hydrogen-bond acceptors (Lipinski definition) is 1. The summed E-state index contributed by atoms with van der Waals surface area (Å²) in [5.41, 5.74) is 3.46. The summed E-state index contributed by atoms with van der Waals surface area (Å²) in [5, 5.41) is 3.61. The van der Waals surface area contributed by atoms with Crippen LogP contribution in [-0.2, 0) is 0 Å². The minimum absolute atomic E-state index is 0.150. The molecule has 0 aromatic heterocycles. The molecule has 1 nitrogen and oxygen atoms in total. The fourth-order valence-electron chi connectivity index (χ4n) is 3.56. The first-order valence-electron chi connectivity index (χ1n) is 7.10. The van der Waals surface area contributed by atoms with Crippen LogP contribution in [0.3, 0.4) is 0 Å². The van der Waals surface area contributed by atoms with Crippen molar-refractivity contribution in [2.75, 3.05) is 5.32 Å². The summed E-state index contributed by atoms with van der Waals surface area (Å²) in [4.78, 5) is 0. The highest BCUT2D eigenvalue weighted by atomic mass is 19.1. The van der Waals surface area contributed by atoms with Crippen LogP contribution in [0, 0.1) is 11.7 Å². The molecule has 1 heterocycles. The van der Waals surface area contributed by atoms with Crippen molar-refractivity contribution in [2.45, 2.75) is 18.4 Å². The number of hydrogen-bond donors (Lipinski definition) is 1. The van der Waals surface area contributed by atoms with E-state index >= 15 is 0 Å². The van der Waals surface area contributed by atoms with E-state index < -0.39 is 0 Å². The van der Waals surface area contributed by atoms with Crippen molar-refractivity contribution < 1.29 is 4.39 Å². The Morgan fingerprint density at radius 3 is 2.75 bits per heavy atom. The van der Waals surface area contributed by atoms with Crippen LogP contribution >= 0.6 is 0 Å². The lowest BCUT2D eigenvalue weighted by molar-refractivity contribution is 0.424. The summed E-state index contributed by atoms with van der Waals surface area (Å²) < 4.78 is 13.5. The third-order valence-corrected chi connectivity index (χ3v) is 4.48. The Morgan fingerprint density at radius 2 is 1.90 bits per heavy atom. The largest absolute Gasteiger partial charge is 0.378 e. The minimum Gasteiger partial charge on any atom is -0.378 e. The molecule has 0 bridgehead atoms. The SMILES string of the molecule is Fc1ccc2c(c1)[C@@H]1C=CC[C@@H]1[C@@H](c1ccccc1)N2. The molecule has 4 rings (SSSR count). The molecule has 0 radical (unpaired) electrons. The second kappa shape index (κ2) is 4.48. The van der Waals surface area contributed by atoms with Gasteiger partial charge in [-0.1, -0.05) is 42.5 Å². The van der Waals surface area contributed by atoms with Gasteiger partial charge in [-0.3, -0.25) is 0 Å². The number of allylic oxidation sites excluding steroid dienone is 2. The van der Waals surface area contributed by atoms with Gasteiger partial charge in [0.2, 0.25) is 0 Å². The first kappa shape index (κ1) is 11.7. The van der Waals surface area contributed by atoms with Gasteiger partial charge < -0.3 is 5.32 Å². The van der Waals surface area contributed by atoms with Gasteiger partial charge in [0.05, 0.1) is 6.04 Å². The van der Waals surface area contributed by atoms with Crippen LogP contribution < -0.4 is 5.32 Å². The van der Waals surface area contributed by atoms with E-state index in [2.05, 4.69) is 41.7 Å². The summed E-state index contributed by atoms with van der Waals surface area (Å²) in [5.74, 6) is 0.654. The number of benzene rings is 2. The van der Waals surface area contributed by atoms with Gasteiger partial charge in [0.25, 0.3) is 0 Å². The molecule has 2 heteroatoms. The Balaban J connectivity index is 1.80. The quantitative estimate of drug-likeness (QED) is 0.740. The van der Waals surface area contributed by atoms with E-state index in [1.165, 1.54) is 11.6 Å². The molecule has 2 aromatic rings. The number of nitrogens with one attached hydrogen (secondary N) is 1. The highest BCUT2D eigenvalue weighted by molar-refractivity contribution is 5.59. The topological polar surface area (TPSA) is 12.0 Å². The van der Waals surface area contributed by atoms with Crippen LogP contribution in [0.25, 0.3) is 0 Å². The summed E-state index contributed by atoms with van der Waals surface area (Å²) in [6.45, 7) is 0. The predicted octanol–water partition coefficient (Wildman–Crippen LogP) is 4.65. The minimum atomic E-state index is -0.150. The first-order valence-corrected chi connectivity index (χ1v) is 7.10. The van der Waals surface area contributed by atoms with E-state index in [-0.39, 0.29) is 5.82 Å². The second-order valence-electron chi connectivity index (χ2n) is 5.62. The van der Waals surface area contributed by atoms with Crippen LogP contribution in [0.2, 0.25) is 0 Å². The highest BCUT2D eigenvalue weighted by Crippen LogP contribution is 2.49. The van der Waals surface area contributed by atoms with Crippen molar-refractivity contribution in [3.8, 4) is 0 Å². The van der Waals surface area contributed by atoms with Gasteiger partial charge >= 0.3 is 0 Å². The van der Waals surface area contributed by atoms with E-state index in [9.17, 15) is 4.39 Å². The van der Waals surface area contributed by atoms with E-state index in [1.54, 1.807) is 6.07 Å². The summed E-state index contributed by atoms with van der Waals surface area (Å²) in [6.07, 6.45) is 5.51. The molecule has 1 aliphatic carbocycles. The number of anilines is 1. The van der Waals surface area contributed by atoms with Gasteiger partial charge in [-0.2, -0.15) is 0 Å². The molecule has 0 saturated carbocycles. The van der Waals surface area contributed by atoms with Crippen molar-refractivity contribution >= 4 is 5.69 Å². The molecule has 0 saturated heterocycles. The third-order valence-electron chi connectivity index (χ3n) is 4.48. The molecule has 0 unspecified atom stereocenters. The number of rotatable bonds is 1. The van der Waals surface area contributed by atoms with Gasteiger partial charge in [0.15, 0.2) is 0 Å². The van der Waals surface area contributed by atoms with Gasteiger partial charge in [-0.05, 0) is 41.7 Å². The standard InChI is InChI=1S/C18H16FN/c19-13-9-10-17-16(11-13)14-7-4-8-15(14)18(20-17)12-5-2-1-3-6-12/h1-7,9-11,14-15,18,20H,8H2/t14-,15+,18-/m1/s1. The van der Waals surface area contributed by atoms with Crippen LogP contribution in [-0.4, -0.2) is 0 Å². The van der Waals surface area contributed by atoms with Gasteiger partial charge in [0, 0.05) is 11.6 Å². The fraction of sp³-hybridized carbons (Fsp3) is 0.222. The lowest BCUT2D eigenvalue weighted by atomic mass is 9.77. The van der Waals surface area contributed by atoms with Crippen molar-refractivity contribution in [3.63, 3.8) is 0 Å². The molecular formula is C18H16FN. The molecule has 100 valence electrons. The van der Waals surface area contributed by atoms with Crippen LogP contribution in [0.4, 0.5) is 10.1 Å². The molecular weight excluding hydrogens is 249 g/mol. The smallest absolute Gasteiger partial charge is 0.123 e. The lowest BCUT2D eigenvalue weighted by Crippen LogP contribution is -2.29. The van der Waals surface area contributed by atoms with Crippen LogP contribution in [0.15, 0.2) is 60.7 Å². The predicted molar refractivity (Wildman–Crippen MR) is 79.2 cm³/mol. The van der Waals surface area contributed by atoms with E-state index in [0.717, 1.165) is 17.7 Å². The Bertz CT molecular complexity index is 662. The molecule has 0 fully saturated rings. The highest BCUT2D eigenvalue weighted by Gasteiger charge is 2.37. The fourth-order valence-corrected chi connectivity index (χ4v) is 3.56. The molecule has 0 amide bonds. The van der Waals surface area contributed by atoms with Gasteiger partial charge in [-0.25, -0.2) is 4.39 Å². The normalized spacial score (nSPS) is 26.8. The Labute approximate surface area is 118 Å². The Morgan fingerprint density at radius 1 is 1.05 bits per heavy atom. The summed E-state index contributed by atoms with van der Waals surface area (Å²) >= 11 is 0. The number of halogens is 1. The molecule has 3 atom stereocenters. The summed E-state index contributed by atoms with van der Waals surface area (Å²) in [6, 6.07) is 15.9. The zero-order valence-corrected chi connectivity index (χ0v) is 11.1. The van der Waals surface area contributed by atoms with Crippen molar-refractivity contribution in [1.82, 2.24) is 0 Å². The molecule has 2 aromatic carbocycles. The maximum atomic E-state index is 13.5. The molecule has 1 N–H and O–H groups in total. The Hall–Kier alpha value is -2.09. The zero-order valence-electron chi connectivity index (χ0n) is 11.1. The average molecular weight is 265 g/mol. The molecule has 2 aliphatic rings. The third kappa shape index (κ3) is 1.75. The maximum absolute atomic E-state index is 13.5. The second-order valence-corrected chi connectivity index (χ2v) is 5.62. The average Bonchev–Trinajstić information content (AvgIpc) is 2.97. The first-order chi connectivity index (χ1) is 9.83. The van der Waals surface area contributed by atoms with Crippen molar-refractivity contribution in [1.29, 1.82) is 0 Å². The van der Waals surface area contributed by atoms with E-state index in [0.29, 0.717) is 17.9 Å². The number of fused-ring (bicyclic) bond motifs is 3. The van der Waals surface area contributed by atoms with Crippen molar-refractivity contribution in [2.24, 2.45) is 5.92 Å².